The lowest BCUT2D eigenvalue weighted by Crippen LogP contribution is -2.24. The number of hydrogen-bond donors (Lipinski definition) is 2. The monoisotopic (exact) mass is 387 g/mol. The normalized spacial score (nSPS) is 15.9. The highest BCUT2D eigenvalue weighted by Crippen LogP contribution is 2.37. The van der Waals surface area contributed by atoms with Crippen LogP contribution in [0, 0.1) is 5.82 Å². The van der Waals surface area contributed by atoms with Gasteiger partial charge in [0.2, 0.25) is 5.91 Å². The Balaban J connectivity index is 2.26. The maximum atomic E-state index is 13.4. The van der Waals surface area contributed by atoms with Gasteiger partial charge >= 0.3 is 0 Å². The predicted molar refractivity (Wildman–Crippen MR) is 103 cm³/mol. The van der Waals surface area contributed by atoms with Crippen molar-refractivity contribution in [1.82, 2.24) is 5.48 Å². The van der Waals surface area contributed by atoms with Crippen LogP contribution in [0.25, 0.3) is 0 Å². The molecule has 5 nitrogen and oxygen atoms in total. The minimum absolute atomic E-state index is 0.126. The van der Waals surface area contributed by atoms with E-state index in [1.54, 1.807) is 38.4 Å². The molecule has 0 aliphatic heterocycles. The Kier molecular flexibility index (Phi) is 7.40. The largest absolute Gasteiger partial charge is 0.289 e. The molecule has 1 aliphatic carbocycles. The molecule has 2 N–H and O–H groups in total. The van der Waals surface area contributed by atoms with Crippen molar-refractivity contribution >= 4 is 17.5 Å². The van der Waals surface area contributed by atoms with Crippen LogP contribution < -0.4 is 5.48 Å². The number of unbranched alkanes of at least 4 members (excludes halogenated alkanes) is 2. The van der Waals surface area contributed by atoms with Gasteiger partial charge in [0.05, 0.1) is 0 Å². The molecular weight excluding hydrogens is 361 g/mol. The summed E-state index contributed by atoms with van der Waals surface area (Å²) in [6, 6.07) is 6.01. The third kappa shape index (κ3) is 4.81. The molecule has 1 aromatic carbocycles. The third-order valence-electron chi connectivity index (χ3n) is 5.38. The van der Waals surface area contributed by atoms with Gasteiger partial charge in [0.25, 0.3) is 0 Å². The molecule has 150 valence electrons. The molecule has 0 bridgehead atoms. The first-order chi connectivity index (χ1) is 13.3. The van der Waals surface area contributed by atoms with E-state index in [9.17, 15) is 18.8 Å². The third-order valence-corrected chi connectivity index (χ3v) is 5.38. The second kappa shape index (κ2) is 9.55. The van der Waals surface area contributed by atoms with Gasteiger partial charge in [0.1, 0.15) is 5.82 Å². The Morgan fingerprint density at radius 1 is 0.964 bits per heavy atom. The SMILES string of the molecule is CC1=C(C)C(=O)C(C(CCCCCC(=O)NO)c2ccc(F)cc2)=C(C)C1=O. The van der Waals surface area contributed by atoms with E-state index in [0.717, 1.165) is 18.4 Å². The second-order valence-corrected chi connectivity index (χ2v) is 7.19. The number of nitrogens with one attached hydrogen (secondary N) is 1. The van der Waals surface area contributed by atoms with Gasteiger partial charge in [0.15, 0.2) is 11.6 Å². The lowest BCUT2D eigenvalue weighted by Gasteiger charge is -2.26. The van der Waals surface area contributed by atoms with Gasteiger partial charge in [-0.25, -0.2) is 9.87 Å². The van der Waals surface area contributed by atoms with Crippen LogP contribution in [0.2, 0.25) is 0 Å². The standard InChI is InChI=1S/C22H26FNO4/c1-13-14(2)22(27)20(15(3)21(13)26)18(16-9-11-17(23)12-10-16)7-5-4-6-8-19(25)24-28/h9-12,18,28H,4-8H2,1-3H3,(H,24,25). The summed E-state index contributed by atoms with van der Waals surface area (Å²) in [5.74, 6) is -1.37. The lowest BCUT2D eigenvalue weighted by molar-refractivity contribution is -0.129. The van der Waals surface area contributed by atoms with E-state index in [0.29, 0.717) is 35.1 Å². The summed E-state index contributed by atoms with van der Waals surface area (Å²) in [7, 11) is 0. The fourth-order valence-electron chi connectivity index (χ4n) is 3.58. The molecule has 0 saturated carbocycles. The number of carbonyl (C=O) groups is 3. The van der Waals surface area contributed by atoms with Gasteiger partial charge in [-0.1, -0.05) is 25.0 Å². The molecule has 28 heavy (non-hydrogen) atoms. The minimum Gasteiger partial charge on any atom is -0.289 e. The maximum Gasteiger partial charge on any atom is 0.243 e. The molecule has 1 unspecified atom stereocenters. The summed E-state index contributed by atoms with van der Waals surface area (Å²) in [5.41, 5.74) is 4.25. The first-order valence-electron chi connectivity index (χ1n) is 9.44. The number of halogens is 1. The van der Waals surface area contributed by atoms with E-state index < -0.39 is 5.91 Å². The number of ketones is 2. The molecule has 2 rings (SSSR count). The zero-order valence-electron chi connectivity index (χ0n) is 16.5. The van der Waals surface area contributed by atoms with E-state index in [2.05, 4.69) is 0 Å². The lowest BCUT2D eigenvalue weighted by atomic mass is 9.75. The predicted octanol–water partition coefficient (Wildman–Crippen LogP) is 4.17. The van der Waals surface area contributed by atoms with E-state index in [4.69, 9.17) is 5.21 Å². The van der Waals surface area contributed by atoms with Crippen LogP contribution in [-0.2, 0) is 14.4 Å². The van der Waals surface area contributed by atoms with E-state index >= 15 is 0 Å². The summed E-state index contributed by atoms with van der Waals surface area (Å²) in [4.78, 5) is 36.6. The first-order valence-corrected chi connectivity index (χ1v) is 9.44. The quantitative estimate of drug-likeness (QED) is 0.303. The van der Waals surface area contributed by atoms with Crippen LogP contribution in [0.15, 0.2) is 46.6 Å². The summed E-state index contributed by atoms with van der Waals surface area (Å²) >= 11 is 0. The Morgan fingerprint density at radius 2 is 1.57 bits per heavy atom. The summed E-state index contributed by atoms with van der Waals surface area (Å²) in [5, 5.41) is 8.54. The van der Waals surface area contributed by atoms with E-state index in [1.165, 1.54) is 12.1 Å². The molecule has 1 aliphatic rings. The van der Waals surface area contributed by atoms with Crippen LogP contribution >= 0.6 is 0 Å². The zero-order valence-corrected chi connectivity index (χ0v) is 16.5. The maximum absolute atomic E-state index is 13.4. The summed E-state index contributed by atoms with van der Waals surface area (Å²) < 4.78 is 13.4. The Hall–Kier alpha value is -2.60. The van der Waals surface area contributed by atoms with Crippen LogP contribution in [0.3, 0.4) is 0 Å². The molecular formula is C22H26FNO4. The molecule has 1 aromatic rings. The molecule has 0 saturated heterocycles. The van der Waals surface area contributed by atoms with Crippen molar-refractivity contribution in [3.8, 4) is 0 Å². The average molecular weight is 387 g/mol. The molecule has 6 heteroatoms. The van der Waals surface area contributed by atoms with Crippen molar-refractivity contribution in [2.24, 2.45) is 0 Å². The molecule has 0 radical (unpaired) electrons. The number of amides is 1. The molecule has 0 fully saturated rings. The van der Waals surface area contributed by atoms with Crippen LogP contribution in [0.4, 0.5) is 4.39 Å². The molecule has 1 amide bonds. The van der Waals surface area contributed by atoms with Crippen molar-refractivity contribution in [2.45, 2.75) is 58.8 Å². The number of allylic oxidation sites excluding steroid dienone is 4. The highest BCUT2D eigenvalue weighted by atomic mass is 19.1. The number of rotatable bonds is 8. The highest BCUT2D eigenvalue weighted by molar-refractivity contribution is 6.25. The van der Waals surface area contributed by atoms with Crippen molar-refractivity contribution in [3.05, 3.63) is 57.9 Å². The van der Waals surface area contributed by atoms with Crippen LogP contribution in [0.5, 0.6) is 0 Å². The van der Waals surface area contributed by atoms with Crippen molar-refractivity contribution in [3.63, 3.8) is 0 Å². The van der Waals surface area contributed by atoms with Crippen molar-refractivity contribution in [1.29, 1.82) is 0 Å². The summed E-state index contributed by atoms with van der Waals surface area (Å²) in [6.45, 7) is 5.00. The topological polar surface area (TPSA) is 83.5 Å². The van der Waals surface area contributed by atoms with Gasteiger partial charge < -0.3 is 0 Å². The van der Waals surface area contributed by atoms with Gasteiger partial charge in [-0.2, -0.15) is 0 Å². The fourth-order valence-corrected chi connectivity index (χ4v) is 3.58. The number of hydroxylamine groups is 1. The Bertz CT molecular complexity index is 837. The average Bonchev–Trinajstić information content (AvgIpc) is 2.69. The van der Waals surface area contributed by atoms with Crippen LogP contribution in [-0.4, -0.2) is 22.7 Å². The van der Waals surface area contributed by atoms with Crippen LogP contribution in [0.1, 0.15) is 64.4 Å². The zero-order chi connectivity index (χ0) is 20.8. The molecule has 0 heterocycles. The minimum atomic E-state index is -0.432. The number of hydrogen-bond acceptors (Lipinski definition) is 4. The smallest absolute Gasteiger partial charge is 0.243 e. The molecule has 1 atom stereocenters. The number of benzene rings is 1. The van der Waals surface area contributed by atoms with Gasteiger partial charge in [0, 0.05) is 34.6 Å². The number of carbonyl (C=O) groups excluding carboxylic acids is 3. The Labute approximate surface area is 164 Å². The molecule has 0 aromatic heterocycles. The van der Waals surface area contributed by atoms with Gasteiger partial charge in [-0.3, -0.25) is 19.6 Å². The second-order valence-electron chi connectivity index (χ2n) is 7.19. The number of Topliss-reactive ketones (excluding diaryl/α,β-unsaturated/α-hetero) is 2. The highest BCUT2D eigenvalue weighted by Gasteiger charge is 2.33. The van der Waals surface area contributed by atoms with Gasteiger partial charge in [-0.05, 0) is 51.3 Å². The Morgan fingerprint density at radius 3 is 2.18 bits per heavy atom. The molecule has 0 spiro atoms. The fraction of sp³-hybridized carbons (Fsp3) is 0.409. The summed E-state index contributed by atoms with van der Waals surface area (Å²) in [6.07, 6.45) is 2.88. The van der Waals surface area contributed by atoms with Gasteiger partial charge in [-0.15, -0.1) is 0 Å². The van der Waals surface area contributed by atoms with Crippen molar-refractivity contribution < 1.29 is 24.0 Å². The van der Waals surface area contributed by atoms with E-state index in [-0.39, 0.29) is 29.7 Å². The van der Waals surface area contributed by atoms with E-state index in [1.807, 2.05) is 0 Å². The van der Waals surface area contributed by atoms with Crippen molar-refractivity contribution in [2.75, 3.05) is 0 Å². The first kappa shape index (κ1) is 21.7.